The minimum Gasteiger partial charge on any atom is -0.311 e. The Balaban J connectivity index is 1.66. The zero-order valence-corrected chi connectivity index (χ0v) is 12.5. The summed E-state index contributed by atoms with van der Waals surface area (Å²) in [6.07, 6.45) is 0. The molecule has 0 atom stereocenters. The highest BCUT2D eigenvalue weighted by atomic mass is 32.2. The number of rotatable bonds is 6. The van der Waals surface area contributed by atoms with E-state index in [0.29, 0.717) is 0 Å². The lowest BCUT2D eigenvalue weighted by Gasteiger charge is -2.05. The molecule has 0 spiro atoms. The molecule has 0 bridgehead atoms. The highest BCUT2D eigenvalue weighted by molar-refractivity contribution is 7.99. The maximum Gasteiger partial charge on any atom is 0.0302 e. The third-order valence-corrected chi connectivity index (χ3v) is 4.81. The Morgan fingerprint density at radius 3 is 2.83 bits per heavy atom. The summed E-state index contributed by atoms with van der Waals surface area (Å²) in [6, 6.07) is 10.9. The Hall–Kier alpha value is -0.770. The quantitative estimate of drug-likeness (QED) is 0.626. The number of aryl methyl sites for hydroxylation is 2. The molecule has 3 heteroatoms. The van der Waals surface area contributed by atoms with Crippen molar-refractivity contribution < 1.29 is 0 Å². The average Bonchev–Trinajstić information content (AvgIpc) is 2.75. The summed E-state index contributed by atoms with van der Waals surface area (Å²) in [6.45, 7) is 6.37. The van der Waals surface area contributed by atoms with Crippen LogP contribution in [0.15, 0.2) is 40.6 Å². The van der Waals surface area contributed by atoms with E-state index in [2.05, 4.69) is 54.9 Å². The van der Waals surface area contributed by atoms with Crippen molar-refractivity contribution in [3.8, 4) is 0 Å². The molecule has 0 saturated heterocycles. The molecule has 0 aliphatic heterocycles. The zero-order valence-electron chi connectivity index (χ0n) is 10.9. The van der Waals surface area contributed by atoms with E-state index in [9.17, 15) is 0 Å². The highest BCUT2D eigenvalue weighted by Crippen LogP contribution is 2.18. The highest BCUT2D eigenvalue weighted by Gasteiger charge is 1.99. The summed E-state index contributed by atoms with van der Waals surface area (Å²) >= 11 is 3.75. The number of nitrogens with one attached hydrogen (secondary N) is 1. The largest absolute Gasteiger partial charge is 0.311 e. The molecule has 2 aromatic rings. The van der Waals surface area contributed by atoms with Gasteiger partial charge in [-0.3, -0.25) is 0 Å². The molecule has 0 fully saturated rings. The van der Waals surface area contributed by atoms with E-state index < -0.39 is 0 Å². The summed E-state index contributed by atoms with van der Waals surface area (Å²) < 4.78 is 0. The van der Waals surface area contributed by atoms with Crippen LogP contribution in [0.2, 0.25) is 0 Å². The van der Waals surface area contributed by atoms with E-state index in [-0.39, 0.29) is 0 Å². The Morgan fingerprint density at radius 1 is 1.22 bits per heavy atom. The fourth-order valence-electron chi connectivity index (χ4n) is 1.73. The molecule has 2 rings (SSSR count). The fraction of sp³-hybridized carbons (Fsp3) is 0.333. The van der Waals surface area contributed by atoms with Crippen LogP contribution in [-0.2, 0) is 6.54 Å². The van der Waals surface area contributed by atoms with E-state index in [1.165, 1.54) is 20.9 Å². The lowest BCUT2D eigenvalue weighted by molar-refractivity contribution is 0.738. The van der Waals surface area contributed by atoms with Crippen molar-refractivity contribution in [3.05, 3.63) is 51.7 Å². The first-order valence-electron chi connectivity index (χ1n) is 6.19. The molecule has 0 radical (unpaired) electrons. The minimum absolute atomic E-state index is 0.998. The van der Waals surface area contributed by atoms with Gasteiger partial charge in [0.25, 0.3) is 0 Å². The monoisotopic (exact) mass is 277 g/mol. The second-order valence-corrected chi connectivity index (χ2v) is 6.54. The first-order valence-corrected chi connectivity index (χ1v) is 8.05. The van der Waals surface area contributed by atoms with Gasteiger partial charge in [-0.1, -0.05) is 17.7 Å². The molecule has 96 valence electrons. The van der Waals surface area contributed by atoms with Gasteiger partial charge < -0.3 is 5.32 Å². The molecule has 1 N–H and O–H groups in total. The van der Waals surface area contributed by atoms with Crippen molar-refractivity contribution in [1.82, 2.24) is 5.32 Å². The Bertz CT molecular complexity index is 491. The van der Waals surface area contributed by atoms with Gasteiger partial charge in [0, 0.05) is 28.6 Å². The first kappa shape index (κ1) is 13.7. The van der Waals surface area contributed by atoms with Crippen LogP contribution in [0, 0.1) is 13.8 Å². The van der Waals surface area contributed by atoms with Crippen LogP contribution in [0.4, 0.5) is 0 Å². The van der Waals surface area contributed by atoms with Crippen LogP contribution in [0.3, 0.4) is 0 Å². The molecule has 1 aromatic carbocycles. The number of thiophene rings is 1. The number of hydrogen-bond donors (Lipinski definition) is 1. The second-order valence-electron chi connectivity index (χ2n) is 4.37. The van der Waals surface area contributed by atoms with Gasteiger partial charge >= 0.3 is 0 Å². The molecular formula is C15H19NS2. The summed E-state index contributed by atoms with van der Waals surface area (Å²) in [5.74, 6) is 1.12. The van der Waals surface area contributed by atoms with Gasteiger partial charge in [0.05, 0.1) is 0 Å². The van der Waals surface area contributed by atoms with Gasteiger partial charge in [0.1, 0.15) is 0 Å². The van der Waals surface area contributed by atoms with Crippen molar-refractivity contribution in [2.24, 2.45) is 0 Å². The van der Waals surface area contributed by atoms with Crippen molar-refractivity contribution in [2.45, 2.75) is 25.3 Å². The van der Waals surface area contributed by atoms with Crippen molar-refractivity contribution >= 4 is 23.1 Å². The van der Waals surface area contributed by atoms with Crippen LogP contribution in [-0.4, -0.2) is 12.3 Å². The second kappa shape index (κ2) is 6.98. The fourth-order valence-corrected chi connectivity index (χ4v) is 3.54. The lowest BCUT2D eigenvalue weighted by Crippen LogP contribution is -2.16. The Kier molecular flexibility index (Phi) is 5.29. The topological polar surface area (TPSA) is 12.0 Å². The van der Waals surface area contributed by atoms with Gasteiger partial charge in [-0.15, -0.1) is 23.1 Å². The SMILES string of the molecule is Cc1cccc(SCCNCc2sccc2C)c1. The molecule has 0 amide bonds. The van der Waals surface area contributed by atoms with Gasteiger partial charge in [0.2, 0.25) is 0 Å². The molecule has 1 aromatic heterocycles. The predicted molar refractivity (Wildman–Crippen MR) is 82.7 cm³/mol. The maximum absolute atomic E-state index is 3.50. The van der Waals surface area contributed by atoms with Crippen molar-refractivity contribution in [1.29, 1.82) is 0 Å². The van der Waals surface area contributed by atoms with E-state index in [4.69, 9.17) is 0 Å². The Labute approximate surface area is 118 Å². The molecule has 1 nitrogen and oxygen atoms in total. The van der Waals surface area contributed by atoms with Crippen molar-refractivity contribution in [2.75, 3.05) is 12.3 Å². The summed E-state index contributed by atoms with van der Waals surface area (Å²) in [5.41, 5.74) is 2.74. The molecule has 0 unspecified atom stereocenters. The normalized spacial score (nSPS) is 10.8. The molecular weight excluding hydrogens is 258 g/mol. The van der Waals surface area contributed by atoms with Crippen LogP contribution >= 0.6 is 23.1 Å². The van der Waals surface area contributed by atoms with Gasteiger partial charge in [-0.2, -0.15) is 0 Å². The van der Waals surface area contributed by atoms with Crippen LogP contribution < -0.4 is 5.32 Å². The van der Waals surface area contributed by atoms with Gasteiger partial charge in [-0.25, -0.2) is 0 Å². The molecule has 0 aliphatic rings. The average molecular weight is 277 g/mol. The van der Waals surface area contributed by atoms with E-state index >= 15 is 0 Å². The van der Waals surface area contributed by atoms with Gasteiger partial charge in [0.15, 0.2) is 0 Å². The molecule has 1 heterocycles. The van der Waals surface area contributed by atoms with Crippen LogP contribution in [0.5, 0.6) is 0 Å². The van der Waals surface area contributed by atoms with Crippen molar-refractivity contribution in [3.63, 3.8) is 0 Å². The summed E-state index contributed by atoms with van der Waals surface area (Å²) in [5, 5.41) is 5.66. The summed E-state index contributed by atoms with van der Waals surface area (Å²) in [4.78, 5) is 2.82. The lowest BCUT2D eigenvalue weighted by atomic mass is 10.2. The van der Waals surface area contributed by atoms with E-state index in [1.807, 2.05) is 23.1 Å². The van der Waals surface area contributed by atoms with Crippen LogP contribution in [0.1, 0.15) is 16.0 Å². The number of thioether (sulfide) groups is 1. The van der Waals surface area contributed by atoms with E-state index in [1.54, 1.807) is 0 Å². The molecule has 0 saturated carbocycles. The van der Waals surface area contributed by atoms with Crippen LogP contribution in [0.25, 0.3) is 0 Å². The minimum atomic E-state index is 0.998. The number of hydrogen-bond acceptors (Lipinski definition) is 3. The number of benzene rings is 1. The molecule has 0 aliphatic carbocycles. The van der Waals surface area contributed by atoms with E-state index in [0.717, 1.165) is 18.8 Å². The third-order valence-electron chi connectivity index (χ3n) is 2.79. The summed E-state index contributed by atoms with van der Waals surface area (Å²) in [7, 11) is 0. The molecule has 18 heavy (non-hydrogen) atoms. The predicted octanol–water partition coefficient (Wildman–Crippen LogP) is 4.25. The Morgan fingerprint density at radius 2 is 2.11 bits per heavy atom. The maximum atomic E-state index is 3.50. The standard InChI is InChI=1S/C15H19NS2/c1-12-4-3-5-14(10-12)17-9-7-16-11-15-13(2)6-8-18-15/h3-6,8,10,16H,7,9,11H2,1-2H3. The third kappa shape index (κ3) is 4.16. The zero-order chi connectivity index (χ0) is 12.8. The van der Waals surface area contributed by atoms with Gasteiger partial charge in [-0.05, 0) is 43.0 Å². The first-order chi connectivity index (χ1) is 8.75. The smallest absolute Gasteiger partial charge is 0.0302 e.